The number of hydrogen-bond acceptors (Lipinski definition) is 3. The van der Waals surface area contributed by atoms with Crippen LogP contribution < -0.4 is 5.73 Å². The van der Waals surface area contributed by atoms with Crippen LogP contribution in [0.4, 0.5) is 10.1 Å². The fourth-order valence-electron chi connectivity index (χ4n) is 1.67. The Morgan fingerprint density at radius 3 is 2.68 bits per heavy atom. The second-order valence-electron chi connectivity index (χ2n) is 5.19. The molecule has 2 N–H and O–H groups in total. The summed E-state index contributed by atoms with van der Waals surface area (Å²) >= 11 is 0. The molecule has 1 rings (SSSR count). The average molecular weight is 282 g/mol. The molecule has 1 aromatic rings. The van der Waals surface area contributed by atoms with Crippen molar-refractivity contribution in [2.24, 2.45) is 5.41 Å². The Morgan fingerprint density at radius 1 is 1.42 bits per heavy atom. The number of anilines is 1. The van der Waals surface area contributed by atoms with Crippen LogP contribution in [-0.2, 0) is 10.8 Å². The normalized spacial score (nSPS) is 12.9. The highest BCUT2D eigenvalue weighted by Crippen LogP contribution is 2.22. The maximum absolute atomic E-state index is 13.5. The Kier molecular flexibility index (Phi) is 5.49. The van der Waals surface area contributed by atoms with Crippen molar-refractivity contribution in [1.29, 1.82) is 5.26 Å². The van der Waals surface area contributed by atoms with Crippen LogP contribution in [0.5, 0.6) is 0 Å². The highest BCUT2D eigenvalue weighted by molar-refractivity contribution is 7.85. The molecule has 0 saturated heterocycles. The fraction of sp³-hybridized carbons (Fsp3) is 0.500. The molecule has 0 aliphatic heterocycles. The highest BCUT2D eigenvalue weighted by Gasteiger charge is 2.16. The molecule has 104 valence electrons. The monoisotopic (exact) mass is 282 g/mol. The van der Waals surface area contributed by atoms with Gasteiger partial charge in [-0.25, -0.2) is 4.39 Å². The van der Waals surface area contributed by atoms with Crippen LogP contribution in [0.3, 0.4) is 0 Å². The third-order valence-electron chi connectivity index (χ3n) is 2.89. The molecule has 0 aromatic heterocycles. The van der Waals surface area contributed by atoms with Gasteiger partial charge >= 0.3 is 0 Å². The molecule has 1 atom stereocenters. The lowest BCUT2D eigenvalue weighted by Crippen LogP contribution is -2.08. The Balaban J connectivity index is 2.46. The van der Waals surface area contributed by atoms with Crippen LogP contribution in [0.2, 0.25) is 0 Å². The van der Waals surface area contributed by atoms with Gasteiger partial charge in [-0.3, -0.25) is 4.21 Å². The van der Waals surface area contributed by atoms with E-state index in [1.165, 1.54) is 12.1 Å². The van der Waals surface area contributed by atoms with Crippen LogP contribution in [0, 0.1) is 22.6 Å². The highest BCUT2D eigenvalue weighted by atomic mass is 32.2. The van der Waals surface area contributed by atoms with Gasteiger partial charge in [0.2, 0.25) is 0 Å². The first-order chi connectivity index (χ1) is 8.85. The first-order valence-corrected chi connectivity index (χ1v) is 7.52. The molecule has 1 unspecified atom stereocenters. The SMILES string of the molecule is CC(C)(C#N)CCCCS(=O)c1ccc(N)cc1F. The second kappa shape index (κ2) is 6.67. The molecule has 0 radical (unpaired) electrons. The number of nitrogens with zero attached hydrogens (tertiary/aromatic N) is 1. The van der Waals surface area contributed by atoms with E-state index >= 15 is 0 Å². The molecule has 3 nitrogen and oxygen atoms in total. The van der Waals surface area contributed by atoms with Crippen molar-refractivity contribution in [3.8, 4) is 6.07 Å². The van der Waals surface area contributed by atoms with Crippen molar-refractivity contribution in [3.05, 3.63) is 24.0 Å². The number of nitrogens with two attached hydrogens (primary N) is 1. The van der Waals surface area contributed by atoms with Crippen LogP contribution in [0.1, 0.15) is 33.1 Å². The van der Waals surface area contributed by atoms with E-state index in [0.717, 1.165) is 12.8 Å². The van der Waals surface area contributed by atoms with Gasteiger partial charge in [0.1, 0.15) is 5.82 Å². The van der Waals surface area contributed by atoms with Crippen LogP contribution in [0.15, 0.2) is 23.1 Å². The fourth-order valence-corrected chi connectivity index (χ4v) is 2.85. The lowest BCUT2D eigenvalue weighted by molar-refractivity contribution is 0.432. The van der Waals surface area contributed by atoms with Gasteiger partial charge in [-0.2, -0.15) is 5.26 Å². The smallest absolute Gasteiger partial charge is 0.141 e. The quantitative estimate of drug-likeness (QED) is 0.643. The first-order valence-electron chi connectivity index (χ1n) is 6.20. The topological polar surface area (TPSA) is 66.9 Å². The number of rotatable bonds is 6. The van der Waals surface area contributed by atoms with Crippen molar-refractivity contribution in [2.75, 3.05) is 11.5 Å². The number of hydrogen-bond donors (Lipinski definition) is 1. The molecule has 0 heterocycles. The Labute approximate surface area is 116 Å². The van der Waals surface area contributed by atoms with E-state index < -0.39 is 16.6 Å². The van der Waals surface area contributed by atoms with Gasteiger partial charge in [0.15, 0.2) is 0 Å². The average Bonchev–Trinajstić information content (AvgIpc) is 2.34. The summed E-state index contributed by atoms with van der Waals surface area (Å²) in [6, 6.07) is 6.44. The number of unbranched alkanes of at least 4 members (excludes halogenated alkanes) is 1. The lowest BCUT2D eigenvalue weighted by atomic mass is 9.89. The molecule has 0 aliphatic carbocycles. The van der Waals surface area contributed by atoms with E-state index in [1.807, 2.05) is 13.8 Å². The maximum Gasteiger partial charge on any atom is 0.141 e. The minimum absolute atomic E-state index is 0.203. The molecule has 5 heteroatoms. The molecule has 0 spiro atoms. The Morgan fingerprint density at radius 2 is 2.11 bits per heavy atom. The molecule has 19 heavy (non-hydrogen) atoms. The summed E-state index contributed by atoms with van der Waals surface area (Å²) < 4.78 is 25.5. The summed E-state index contributed by atoms with van der Waals surface area (Å²) in [5.41, 5.74) is 5.42. The van der Waals surface area contributed by atoms with Crippen molar-refractivity contribution >= 4 is 16.5 Å². The van der Waals surface area contributed by atoms with Crippen molar-refractivity contribution < 1.29 is 8.60 Å². The zero-order valence-electron chi connectivity index (χ0n) is 11.3. The van der Waals surface area contributed by atoms with Gasteiger partial charge in [-0.15, -0.1) is 0 Å². The van der Waals surface area contributed by atoms with Crippen LogP contribution >= 0.6 is 0 Å². The van der Waals surface area contributed by atoms with E-state index in [9.17, 15) is 8.60 Å². The van der Waals surface area contributed by atoms with Crippen LogP contribution in [0.25, 0.3) is 0 Å². The minimum atomic E-state index is -1.35. The summed E-state index contributed by atoms with van der Waals surface area (Å²) in [7, 11) is -1.35. The third kappa shape index (κ3) is 4.99. The van der Waals surface area contributed by atoms with Gasteiger partial charge in [-0.1, -0.05) is 6.42 Å². The van der Waals surface area contributed by atoms with Crippen LogP contribution in [-0.4, -0.2) is 9.96 Å². The van der Waals surface area contributed by atoms with Gasteiger partial charge in [-0.05, 0) is 44.9 Å². The van der Waals surface area contributed by atoms with E-state index in [1.54, 1.807) is 6.07 Å². The molecule has 1 aromatic carbocycles. The van der Waals surface area contributed by atoms with Crippen molar-refractivity contribution in [3.63, 3.8) is 0 Å². The zero-order valence-corrected chi connectivity index (χ0v) is 12.1. The molecular formula is C14H19FN2OS. The first kappa shape index (κ1) is 15.6. The summed E-state index contributed by atoms with van der Waals surface area (Å²) in [6.07, 6.45) is 2.27. The molecule has 0 bridgehead atoms. The molecule has 0 aliphatic rings. The van der Waals surface area contributed by atoms with E-state index in [0.29, 0.717) is 17.9 Å². The Bertz CT molecular complexity index is 509. The number of halogens is 1. The number of nitrogen functional groups attached to an aromatic ring is 1. The largest absolute Gasteiger partial charge is 0.399 e. The summed E-state index contributed by atoms with van der Waals surface area (Å²) in [5, 5.41) is 8.87. The van der Waals surface area contributed by atoms with Crippen molar-refractivity contribution in [2.45, 2.75) is 38.0 Å². The third-order valence-corrected chi connectivity index (χ3v) is 4.37. The van der Waals surface area contributed by atoms with Crippen molar-refractivity contribution in [1.82, 2.24) is 0 Å². The molecule has 0 fully saturated rings. The van der Waals surface area contributed by atoms with E-state index in [-0.39, 0.29) is 10.3 Å². The van der Waals surface area contributed by atoms with E-state index in [4.69, 9.17) is 11.0 Å². The van der Waals surface area contributed by atoms with Gasteiger partial charge < -0.3 is 5.73 Å². The zero-order chi connectivity index (χ0) is 14.5. The van der Waals surface area contributed by atoms with Gasteiger partial charge in [0.25, 0.3) is 0 Å². The minimum Gasteiger partial charge on any atom is -0.399 e. The summed E-state index contributed by atoms with van der Waals surface area (Å²) in [4.78, 5) is 0.203. The number of nitriles is 1. The Hall–Kier alpha value is -1.41. The lowest BCUT2D eigenvalue weighted by Gasteiger charge is -2.14. The van der Waals surface area contributed by atoms with E-state index in [2.05, 4.69) is 6.07 Å². The number of benzene rings is 1. The summed E-state index contributed by atoms with van der Waals surface area (Å²) in [5.74, 6) is -0.113. The second-order valence-corrected chi connectivity index (χ2v) is 6.73. The van der Waals surface area contributed by atoms with Gasteiger partial charge in [0.05, 0.1) is 27.2 Å². The standard InChI is InChI=1S/C14H19FN2OS/c1-14(2,10-16)7-3-4-8-19(18)13-6-5-11(17)9-12(13)15/h5-6,9H,3-4,7-8,17H2,1-2H3. The predicted octanol–water partition coefficient (Wildman–Crippen LogP) is 3.24. The predicted molar refractivity (Wildman–Crippen MR) is 75.3 cm³/mol. The van der Waals surface area contributed by atoms with Gasteiger partial charge in [0, 0.05) is 11.4 Å². The maximum atomic E-state index is 13.5. The summed E-state index contributed by atoms with van der Waals surface area (Å²) in [6.45, 7) is 3.76. The molecule has 0 saturated carbocycles. The molecule has 0 amide bonds. The molecular weight excluding hydrogens is 263 g/mol.